The molecule has 0 aromatic heterocycles. The van der Waals surface area contributed by atoms with Gasteiger partial charge in [0, 0.05) is 0 Å². The van der Waals surface area contributed by atoms with Crippen LogP contribution in [-0.4, -0.2) is 18.1 Å². The minimum atomic E-state index is -0.487. The number of ether oxygens (including phenoxy) is 1. The van der Waals surface area contributed by atoms with E-state index in [9.17, 15) is 4.79 Å². The van der Waals surface area contributed by atoms with Gasteiger partial charge in [-0.15, -0.1) is 12.4 Å². The molecule has 0 aliphatic heterocycles. The van der Waals surface area contributed by atoms with E-state index in [1.807, 2.05) is 27.7 Å². The molecule has 3 nitrogen and oxygen atoms in total. The van der Waals surface area contributed by atoms with Crippen LogP contribution in [0.3, 0.4) is 0 Å². The van der Waals surface area contributed by atoms with Crippen molar-refractivity contribution in [2.75, 3.05) is 0 Å². The Morgan fingerprint density at radius 3 is 2.15 bits per heavy atom. The first-order chi connectivity index (χ1) is 5.49. The lowest BCUT2D eigenvalue weighted by Gasteiger charge is -2.17. The number of carbonyl (C=O) groups is 1. The third-order valence-electron chi connectivity index (χ3n) is 1.88. The summed E-state index contributed by atoms with van der Waals surface area (Å²) in [5.41, 5.74) is 5.59. The molecule has 0 aliphatic rings. The van der Waals surface area contributed by atoms with Crippen molar-refractivity contribution in [2.24, 2.45) is 11.7 Å². The van der Waals surface area contributed by atoms with Crippen LogP contribution in [0.5, 0.6) is 0 Å². The third kappa shape index (κ3) is 5.88. The molecule has 1 unspecified atom stereocenters. The highest BCUT2D eigenvalue weighted by Crippen LogP contribution is 2.04. The van der Waals surface area contributed by atoms with Gasteiger partial charge < -0.3 is 10.5 Å². The van der Waals surface area contributed by atoms with Crippen LogP contribution in [0.25, 0.3) is 0 Å². The lowest BCUT2D eigenvalue weighted by Crippen LogP contribution is -2.38. The van der Waals surface area contributed by atoms with Crippen LogP contribution in [0.15, 0.2) is 0 Å². The number of carbonyl (C=O) groups excluding carboxylic acids is 1. The van der Waals surface area contributed by atoms with Gasteiger partial charge in [-0.05, 0) is 19.3 Å². The van der Waals surface area contributed by atoms with E-state index < -0.39 is 6.04 Å². The molecule has 4 heteroatoms. The Balaban J connectivity index is 0. The highest BCUT2D eigenvalue weighted by molar-refractivity contribution is 5.85. The van der Waals surface area contributed by atoms with E-state index in [0.29, 0.717) is 0 Å². The van der Waals surface area contributed by atoms with Crippen molar-refractivity contribution in [1.29, 1.82) is 0 Å². The van der Waals surface area contributed by atoms with Crippen LogP contribution in [0.1, 0.15) is 34.1 Å². The molecule has 0 heterocycles. The monoisotopic (exact) mass is 209 g/mol. The molecule has 13 heavy (non-hydrogen) atoms. The molecule has 0 saturated heterocycles. The zero-order chi connectivity index (χ0) is 9.72. The summed E-state index contributed by atoms with van der Waals surface area (Å²) in [6, 6.07) is -0.487. The zero-order valence-corrected chi connectivity index (χ0v) is 9.56. The van der Waals surface area contributed by atoms with E-state index >= 15 is 0 Å². The van der Waals surface area contributed by atoms with E-state index in [-0.39, 0.29) is 30.4 Å². The second-order valence-electron chi connectivity index (χ2n) is 3.43. The summed E-state index contributed by atoms with van der Waals surface area (Å²) in [4.78, 5) is 11.2. The summed E-state index contributed by atoms with van der Waals surface area (Å²) in [6.45, 7) is 7.65. The van der Waals surface area contributed by atoms with Gasteiger partial charge in [0.05, 0.1) is 6.10 Å². The van der Waals surface area contributed by atoms with E-state index in [1.165, 1.54) is 0 Å². The summed E-state index contributed by atoms with van der Waals surface area (Å²) in [6.07, 6.45) is 0.804. The summed E-state index contributed by atoms with van der Waals surface area (Å²) in [5, 5.41) is 0. The van der Waals surface area contributed by atoms with Crippen molar-refractivity contribution in [3.8, 4) is 0 Å². The molecule has 0 fully saturated rings. The highest BCUT2D eigenvalue weighted by atomic mass is 35.5. The molecule has 2 atom stereocenters. The Bertz CT molecular complexity index is 151. The number of hydrogen-bond donors (Lipinski definition) is 1. The predicted octanol–water partition coefficient (Wildman–Crippen LogP) is 1.73. The lowest BCUT2D eigenvalue weighted by molar-refractivity contribution is -0.151. The van der Waals surface area contributed by atoms with Crippen LogP contribution >= 0.6 is 12.4 Å². The van der Waals surface area contributed by atoms with Gasteiger partial charge in [0.15, 0.2) is 0 Å². The van der Waals surface area contributed by atoms with Crippen LogP contribution in [0.4, 0.5) is 0 Å². The molecule has 2 N–H and O–H groups in total. The second kappa shape index (κ2) is 7.15. The third-order valence-corrected chi connectivity index (χ3v) is 1.88. The Morgan fingerprint density at radius 1 is 1.38 bits per heavy atom. The molecule has 0 amide bonds. The maximum Gasteiger partial charge on any atom is 0.323 e. The van der Waals surface area contributed by atoms with Gasteiger partial charge in [-0.1, -0.05) is 20.8 Å². The number of rotatable bonds is 4. The summed E-state index contributed by atoms with van der Waals surface area (Å²) in [7, 11) is 0. The number of halogens is 1. The maximum absolute atomic E-state index is 11.2. The lowest BCUT2D eigenvalue weighted by atomic mass is 10.1. The Hall–Kier alpha value is -0.280. The molecule has 0 radical (unpaired) electrons. The number of esters is 1. The Morgan fingerprint density at radius 2 is 1.85 bits per heavy atom. The maximum atomic E-state index is 11.2. The van der Waals surface area contributed by atoms with Gasteiger partial charge in [0.2, 0.25) is 0 Å². The number of nitrogens with two attached hydrogens (primary N) is 1. The van der Waals surface area contributed by atoms with Gasteiger partial charge in [-0.3, -0.25) is 4.79 Å². The molecule has 0 saturated carbocycles. The highest BCUT2D eigenvalue weighted by Gasteiger charge is 2.19. The normalized spacial score (nSPS) is 14.6. The fourth-order valence-corrected chi connectivity index (χ4v) is 0.632. The minimum Gasteiger partial charge on any atom is -0.462 e. The van der Waals surface area contributed by atoms with E-state index in [1.54, 1.807) is 0 Å². The Labute approximate surface area is 86.4 Å². The molecule has 80 valence electrons. The van der Waals surface area contributed by atoms with Crippen molar-refractivity contribution < 1.29 is 9.53 Å². The first-order valence-electron chi connectivity index (χ1n) is 4.45. The quantitative estimate of drug-likeness (QED) is 0.718. The molecule has 0 aromatic rings. The number of hydrogen-bond acceptors (Lipinski definition) is 3. The van der Waals surface area contributed by atoms with Gasteiger partial charge in [-0.2, -0.15) is 0 Å². The van der Waals surface area contributed by atoms with Crippen molar-refractivity contribution in [1.82, 2.24) is 0 Å². The van der Waals surface area contributed by atoms with Crippen molar-refractivity contribution in [2.45, 2.75) is 46.3 Å². The van der Waals surface area contributed by atoms with Gasteiger partial charge in [0.1, 0.15) is 6.04 Å². The minimum absolute atomic E-state index is 0. The summed E-state index contributed by atoms with van der Waals surface area (Å²) < 4.78 is 5.06. The second-order valence-corrected chi connectivity index (χ2v) is 3.43. The van der Waals surface area contributed by atoms with E-state index in [4.69, 9.17) is 10.5 Å². The van der Waals surface area contributed by atoms with E-state index in [2.05, 4.69) is 0 Å². The van der Waals surface area contributed by atoms with Crippen molar-refractivity contribution in [3.63, 3.8) is 0 Å². The smallest absolute Gasteiger partial charge is 0.323 e. The zero-order valence-electron chi connectivity index (χ0n) is 8.74. The standard InChI is InChI=1S/C9H19NO2.ClH/c1-5-7(4)12-9(11)8(10)6(2)3;/h6-8H,5,10H2,1-4H3;1H/t7?,8-;/m0./s1. The van der Waals surface area contributed by atoms with Crippen LogP contribution in [0.2, 0.25) is 0 Å². The van der Waals surface area contributed by atoms with Crippen LogP contribution < -0.4 is 5.73 Å². The van der Waals surface area contributed by atoms with Crippen LogP contribution in [-0.2, 0) is 9.53 Å². The fraction of sp³-hybridized carbons (Fsp3) is 0.889. The largest absolute Gasteiger partial charge is 0.462 e. The average molecular weight is 210 g/mol. The van der Waals surface area contributed by atoms with Crippen molar-refractivity contribution >= 4 is 18.4 Å². The topological polar surface area (TPSA) is 52.3 Å². The van der Waals surface area contributed by atoms with Crippen LogP contribution in [0, 0.1) is 5.92 Å². The van der Waals surface area contributed by atoms with Crippen molar-refractivity contribution in [3.05, 3.63) is 0 Å². The molecule has 0 spiro atoms. The summed E-state index contributed by atoms with van der Waals surface area (Å²) >= 11 is 0. The molecule has 0 aliphatic carbocycles. The van der Waals surface area contributed by atoms with Gasteiger partial charge >= 0.3 is 5.97 Å². The van der Waals surface area contributed by atoms with Gasteiger partial charge in [0.25, 0.3) is 0 Å². The molecule has 0 rings (SSSR count). The molecular formula is C9H20ClNO2. The summed E-state index contributed by atoms with van der Waals surface area (Å²) in [5.74, 6) is -0.152. The molecule has 0 aromatic carbocycles. The molecular weight excluding hydrogens is 190 g/mol. The van der Waals surface area contributed by atoms with E-state index in [0.717, 1.165) is 6.42 Å². The SMILES string of the molecule is CCC(C)OC(=O)[C@@H](N)C(C)C.Cl. The average Bonchev–Trinajstić information content (AvgIpc) is 2.02. The fourth-order valence-electron chi connectivity index (χ4n) is 0.632. The predicted molar refractivity (Wildman–Crippen MR) is 55.9 cm³/mol. The Kier molecular flexibility index (Phi) is 8.37. The first-order valence-corrected chi connectivity index (χ1v) is 4.45. The van der Waals surface area contributed by atoms with Gasteiger partial charge in [-0.25, -0.2) is 0 Å². The molecule has 0 bridgehead atoms. The first kappa shape index (κ1) is 15.2.